The minimum atomic E-state index is 0.848. The van der Waals surface area contributed by atoms with E-state index in [0.717, 1.165) is 18.4 Å². The standard InChI is InChI=1S/C8H17N.C3H8/c1-7-2-4-8(6-9)5-3-7;1-3-2/h7-8H,2-6,9H2,1H3;3H2,1-2H3. The molecule has 0 aromatic carbocycles. The largest absolute Gasteiger partial charge is 0.330 e. The van der Waals surface area contributed by atoms with Crippen molar-refractivity contribution in [2.75, 3.05) is 6.54 Å². The summed E-state index contributed by atoms with van der Waals surface area (Å²) < 4.78 is 0. The van der Waals surface area contributed by atoms with Gasteiger partial charge in [0, 0.05) is 0 Å². The minimum absolute atomic E-state index is 0.848. The molecule has 1 saturated carbocycles. The molecular formula is C11H25N. The molecular weight excluding hydrogens is 146 g/mol. The van der Waals surface area contributed by atoms with Crippen molar-refractivity contribution in [2.24, 2.45) is 17.6 Å². The summed E-state index contributed by atoms with van der Waals surface area (Å²) in [6, 6.07) is 0. The molecule has 0 heterocycles. The number of hydrogen-bond acceptors (Lipinski definition) is 1. The third-order valence-corrected chi connectivity index (χ3v) is 2.47. The highest BCUT2D eigenvalue weighted by Gasteiger charge is 2.15. The second-order valence-corrected chi connectivity index (χ2v) is 4.07. The zero-order chi connectivity index (χ0) is 9.40. The first-order valence-corrected chi connectivity index (χ1v) is 5.44. The summed E-state index contributed by atoms with van der Waals surface area (Å²) in [6.45, 7) is 7.50. The van der Waals surface area contributed by atoms with E-state index in [2.05, 4.69) is 20.8 Å². The van der Waals surface area contributed by atoms with Gasteiger partial charge in [0.1, 0.15) is 0 Å². The van der Waals surface area contributed by atoms with E-state index in [1.165, 1.54) is 32.1 Å². The van der Waals surface area contributed by atoms with Crippen molar-refractivity contribution in [1.82, 2.24) is 0 Å². The SMILES string of the molecule is CC1CCC(CN)CC1.CCC. The molecule has 0 saturated heterocycles. The van der Waals surface area contributed by atoms with E-state index in [9.17, 15) is 0 Å². The molecule has 74 valence electrons. The van der Waals surface area contributed by atoms with Crippen LogP contribution in [-0.2, 0) is 0 Å². The van der Waals surface area contributed by atoms with E-state index in [4.69, 9.17) is 5.73 Å². The van der Waals surface area contributed by atoms with Crippen LogP contribution in [0, 0.1) is 11.8 Å². The van der Waals surface area contributed by atoms with Crippen molar-refractivity contribution >= 4 is 0 Å². The van der Waals surface area contributed by atoms with E-state index in [1.54, 1.807) is 0 Å². The van der Waals surface area contributed by atoms with Crippen molar-refractivity contribution < 1.29 is 0 Å². The molecule has 0 aromatic heterocycles. The van der Waals surface area contributed by atoms with Crippen LogP contribution < -0.4 is 5.73 Å². The summed E-state index contributed by atoms with van der Waals surface area (Å²) in [4.78, 5) is 0. The zero-order valence-electron chi connectivity index (χ0n) is 8.97. The quantitative estimate of drug-likeness (QED) is 0.644. The summed E-state index contributed by atoms with van der Waals surface area (Å²) in [5.74, 6) is 1.81. The first kappa shape index (κ1) is 12.0. The number of nitrogens with two attached hydrogens (primary N) is 1. The molecule has 0 radical (unpaired) electrons. The molecule has 12 heavy (non-hydrogen) atoms. The Hall–Kier alpha value is -0.0400. The average Bonchev–Trinajstić information content (AvgIpc) is 2.07. The Balaban J connectivity index is 0.000000354. The van der Waals surface area contributed by atoms with Crippen molar-refractivity contribution in [3.8, 4) is 0 Å². The topological polar surface area (TPSA) is 26.0 Å². The predicted octanol–water partition coefficient (Wildman–Crippen LogP) is 3.19. The van der Waals surface area contributed by atoms with Gasteiger partial charge in [0.2, 0.25) is 0 Å². The minimum Gasteiger partial charge on any atom is -0.330 e. The lowest BCUT2D eigenvalue weighted by molar-refractivity contribution is 0.296. The van der Waals surface area contributed by atoms with E-state index >= 15 is 0 Å². The number of rotatable bonds is 1. The van der Waals surface area contributed by atoms with Crippen LogP contribution in [0.5, 0.6) is 0 Å². The lowest BCUT2D eigenvalue weighted by Crippen LogP contribution is -2.20. The highest BCUT2D eigenvalue weighted by Crippen LogP contribution is 2.26. The molecule has 1 aliphatic rings. The van der Waals surface area contributed by atoms with Gasteiger partial charge >= 0.3 is 0 Å². The summed E-state index contributed by atoms with van der Waals surface area (Å²) in [7, 11) is 0. The average molecular weight is 171 g/mol. The third-order valence-electron chi connectivity index (χ3n) is 2.47. The first-order chi connectivity index (χ1) is 5.74. The predicted molar refractivity (Wildman–Crippen MR) is 56.1 cm³/mol. The van der Waals surface area contributed by atoms with Gasteiger partial charge in [-0.2, -0.15) is 0 Å². The van der Waals surface area contributed by atoms with Crippen LogP contribution in [0.2, 0.25) is 0 Å². The van der Waals surface area contributed by atoms with Gasteiger partial charge < -0.3 is 5.73 Å². The third kappa shape index (κ3) is 5.59. The first-order valence-electron chi connectivity index (χ1n) is 5.44. The number of hydrogen-bond donors (Lipinski definition) is 1. The zero-order valence-corrected chi connectivity index (χ0v) is 8.97. The second kappa shape index (κ2) is 7.60. The Morgan fingerprint density at radius 3 is 1.83 bits per heavy atom. The Bertz CT molecular complexity index is 83.0. The smallest absolute Gasteiger partial charge is 0.00489 e. The van der Waals surface area contributed by atoms with Gasteiger partial charge in [-0.25, -0.2) is 0 Å². The van der Waals surface area contributed by atoms with Crippen molar-refractivity contribution in [2.45, 2.75) is 52.9 Å². The molecule has 1 rings (SSSR count). The van der Waals surface area contributed by atoms with Gasteiger partial charge in [0.15, 0.2) is 0 Å². The molecule has 0 unspecified atom stereocenters. The van der Waals surface area contributed by atoms with Gasteiger partial charge in [-0.1, -0.05) is 40.0 Å². The van der Waals surface area contributed by atoms with Crippen LogP contribution in [0.15, 0.2) is 0 Å². The normalized spacial score (nSPS) is 29.0. The van der Waals surface area contributed by atoms with E-state index < -0.39 is 0 Å². The van der Waals surface area contributed by atoms with E-state index in [0.29, 0.717) is 0 Å². The summed E-state index contributed by atoms with van der Waals surface area (Å²) >= 11 is 0. The highest BCUT2D eigenvalue weighted by atomic mass is 14.5. The van der Waals surface area contributed by atoms with E-state index in [1.807, 2.05) is 0 Å². The highest BCUT2D eigenvalue weighted by molar-refractivity contribution is 4.69. The molecule has 0 amide bonds. The van der Waals surface area contributed by atoms with Crippen LogP contribution in [0.3, 0.4) is 0 Å². The fourth-order valence-corrected chi connectivity index (χ4v) is 1.56. The lowest BCUT2D eigenvalue weighted by Gasteiger charge is -2.24. The molecule has 1 fully saturated rings. The Morgan fingerprint density at radius 1 is 1.08 bits per heavy atom. The Kier molecular flexibility index (Phi) is 7.58. The molecule has 1 aliphatic carbocycles. The maximum atomic E-state index is 5.55. The van der Waals surface area contributed by atoms with Crippen LogP contribution in [0.1, 0.15) is 52.9 Å². The molecule has 0 atom stereocenters. The molecule has 1 nitrogen and oxygen atoms in total. The maximum absolute atomic E-state index is 5.55. The fraction of sp³-hybridized carbons (Fsp3) is 1.00. The van der Waals surface area contributed by atoms with E-state index in [-0.39, 0.29) is 0 Å². The van der Waals surface area contributed by atoms with Gasteiger partial charge in [-0.3, -0.25) is 0 Å². The Morgan fingerprint density at radius 2 is 1.50 bits per heavy atom. The van der Waals surface area contributed by atoms with Crippen molar-refractivity contribution in [3.63, 3.8) is 0 Å². The second-order valence-electron chi connectivity index (χ2n) is 4.07. The summed E-state index contributed by atoms with van der Waals surface area (Å²) in [5, 5.41) is 0. The van der Waals surface area contributed by atoms with Crippen molar-refractivity contribution in [3.05, 3.63) is 0 Å². The van der Waals surface area contributed by atoms with Crippen LogP contribution in [0.25, 0.3) is 0 Å². The monoisotopic (exact) mass is 171 g/mol. The van der Waals surface area contributed by atoms with Crippen LogP contribution >= 0.6 is 0 Å². The molecule has 0 aromatic rings. The molecule has 2 N–H and O–H groups in total. The molecule has 0 spiro atoms. The fourth-order valence-electron chi connectivity index (χ4n) is 1.56. The van der Waals surface area contributed by atoms with Crippen LogP contribution in [0.4, 0.5) is 0 Å². The van der Waals surface area contributed by atoms with Crippen molar-refractivity contribution in [1.29, 1.82) is 0 Å². The summed E-state index contributed by atoms with van der Waals surface area (Å²) in [5.41, 5.74) is 5.55. The van der Waals surface area contributed by atoms with Gasteiger partial charge in [-0.05, 0) is 31.2 Å². The van der Waals surface area contributed by atoms with Gasteiger partial charge in [0.25, 0.3) is 0 Å². The molecule has 0 bridgehead atoms. The lowest BCUT2D eigenvalue weighted by atomic mass is 9.83. The maximum Gasteiger partial charge on any atom is -0.00489 e. The molecule has 1 heteroatoms. The Labute approximate surface area is 77.7 Å². The molecule has 0 aliphatic heterocycles. The van der Waals surface area contributed by atoms with Gasteiger partial charge in [0.05, 0.1) is 0 Å². The van der Waals surface area contributed by atoms with Crippen LogP contribution in [-0.4, -0.2) is 6.54 Å². The summed E-state index contributed by atoms with van der Waals surface area (Å²) in [6.07, 6.45) is 6.80. The van der Waals surface area contributed by atoms with Gasteiger partial charge in [-0.15, -0.1) is 0 Å².